The van der Waals surface area contributed by atoms with Crippen molar-refractivity contribution in [1.29, 1.82) is 0 Å². The summed E-state index contributed by atoms with van der Waals surface area (Å²) in [6.07, 6.45) is 3.61. The molecule has 3 rings (SSSR count). The second kappa shape index (κ2) is 5.92. The number of nitrogens with one attached hydrogen (secondary N) is 2. The van der Waals surface area contributed by atoms with Gasteiger partial charge in [0.2, 0.25) is 0 Å². The zero-order chi connectivity index (χ0) is 16.5. The number of urea groups is 1. The number of benzene rings is 1. The number of hydrogen-bond acceptors (Lipinski definition) is 1. The minimum Gasteiger partial charge on any atom is -0.335 e. The average molecular weight is 310 g/mol. The van der Waals surface area contributed by atoms with Crippen LogP contribution in [0, 0.1) is 28.6 Å². The fourth-order valence-electron chi connectivity index (χ4n) is 4.42. The number of rotatable bonds is 2. The van der Waals surface area contributed by atoms with E-state index in [1.807, 2.05) is 30.3 Å². The SMILES string of the molecule is CC1(C)[C@H]2CC[C@@]1(C)[C@@H](NC(=O)NCC#Cc1ccccc1)C2. The zero-order valence-corrected chi connectivity index (χ0v) is 14.3. The second-order valence-electron chi connectivity index (χ2n) is 7.66. The minimum atomic E-state index is -0.0954. The number of amides is 2. The van der Waals surface area contributed by atoms with Crippen molar-refractivity contribution in [2.24, 2.45) is 16.7 Å². The van der Waals surface area contributed by atoms with Crippen molar-refractivity contribution in [3.63, 3.8) is 0 Å². The molecular weight excluding hydrogens is 284 g/mol. The fourth-order valence-corrected chi connectivity index (χ4v) is 4.42. The van der Waals surface area contributed by atoms with Gasteiger partial charge < -0.3 is 10.6 Å². The lowest BCUT2D eigenvalue weighted by Gasteiger charge is -2.39. The Morgan fingerprint density at radius 1 is 1.26 bits per heavy atom. The third kappa shape index (κ3) is 2.83. The second-order valence-corrected chi connectivity index (χ2v) is 7.66. The molecule has 0 spiro atoms. The summed E-state index contributed by atoms with van der Waals surface area (Å²) in [5.41, 5.74) is 1.50. The van der Waals surface area contributed by atoms with Crippen molar-refractivity contribution >= 4 is 6.03 Å². The molecular formula is C20H26N2O. The molecule has 2 fully saturated rings. The van der Waals surface area contributed by atoms with Crippen LogP contribution in [0.5, 0.6) is 0 Å². The lowest BCUT2D eigenvalue weighted by Crippen LogP contribution is -2.50. The maximum absolute atomic E-state index is 12.1. The molecule has 2 amide bonds. The highest BCUT2D eigenvalue weighted by Crippen LogP contribution is 2.65. The quantitative estimate of drug-likeness (QED) is 0.806. The van der Waals surface area contributed by atoms with Crippen LogP contribution in [-0.4, -0.2) is 18.6 Å². The van der Waals surface area contributed by atoms with Crippen LogP contribution in [0.3, 0.4) is 0 Å². The van der Waals surface area contributed by atoms with Crippen molar-refractivity contribution in [2.45, 2.75) is 46.1 Å². The number of fused-ring (bicyclic) bond motifs is 2. The van der Waals surface area contributed by atoms with Gasteiger partial charge >= 0.3 is 6.03 Å². The highest BCUT2D eigenvalue weighted by molar-refractivity contribution is 5.74. The molecule has 0 radical (unpaired) electrons. The molecule has 23 heavy (non-hydrogen) atoms. The Kier molecular flexibility index (Phi) is 4.10. The van der Waals surface area contributed by atoms with E-state index in [-0.39, 0.29) is 17.5 Å². The highest BCUT2D eigenvalue weighted by atomic mass is 16.2. The van der Waals surface area contributed by atoms with Gasteiger partial charge in [0, 0.05) is 11.6 Å². The zero-order valence-electron chi connectivity index (χ0n) is 14.3. The minimum absolute atomic E-state index is 0.0954. The van der Waals surface area contributed by atoms with Gasteiger partial charge in [-0.15, -0.1) is 0 Å². The van der Waals surface area contributed by atoms with E-state index in [0.717, 1.165) is 17.9 Å². The standard InChI is InChI=1S/C20H26N2O/c1-19(2)16-11-12-20(19,3)17(14-16)22-18(23)21-13-7-10-15-8-5-4-6-9-15/h4-6,8-9,16-17H,11-14H2,1-3H3,(H2,21,22,23)/t16-,17-,20-/m0/s1. The van der Waals surface area contributed by atoms with Crippen LogP contribution in [0.4, 0.5) is 4.79 Å². The first-order valence-corrected chi connectivity index (χ1v) is 8.52. The van der Waals surface area contributed by atoms with Gasteiger partial charge in [-0.05, 0) is 48.1 Å². The van der Waals surface area contributed by atoms with E-state index in [2.05, 4.69) is 43.2 Å². The van der Waals surface area contributed by atoms with E-state index in [0.29, 0.717) is 12.0 Å². The largest absolute Gasteiger partial charge is 0.335 e. The van der Waals surface area contributed by atoms with Crippen molar-refractivity contribution in [3.05, 3.63) is 35.9 Å². The Hall–Kier alpha value is -1.95. The van der Waals surface area contributed by atoms with Gasteiger partial charge in [0.05, 0.1) is 6.54 Å². The van der Waals surface area contributed by atoms with Crippen LogP contribution >= 0.6 is 0 Å². The van der Waals surface area contributed by atoms with Crippen LogP contribution < -0.4 is 10.6 Å². The number of carbonyl (C=O) groups is 1. The van der Waals surface area contributed by atoms with Crippen LogP contribution in [0.2, 0.25) is 0 Å². The Labute approximate surface area is 139 Å². The summed E-state index contributed by atoms with van der Waals surface area (Å²) in [5.74, 6) is 6.78. The van der Waals surface area contributed by atoms with Gasteiger partial charge in [0.1, 0.15) is 0 Å². The fraction of sp³-hybridized carbons (Fsp3) is 0.550. The van der Waals surface area contributed by atoms with Crippen molar-refractivity contribution in [1.82, 2.24) is 10.6 Å². The maximum atomic E-state index is 12.1. The summed E-state index contributed by atoms with van der Waals surface area (Å²) >= 11 is 0. The molecule has 0 aromatic heterocycles. The highest BCUT2D eigenvalue weighted by Gasteiger charge is 2.61. The van der Waals surface area contributed by atoms with E-state index in [1.165, 1.54) is 12.8 Å². The average Bonchev–Trinajstić information content (AvgIpc) is 2.86. The van der Waals surface area contributed by atoms with Crippen LogP contribution in [0.15, 0.2) is 30.3 Å². The summed E-state index contributed by atoms with van der Waals surface area (Å²) in [5, 5.41) is 6.05. The molecule has 0 aliphatic heterocycles. The van der Waals surface area contributed by atoms with Crippen LogP contribution in [0.1, 0.15) is 45.6 Å². The molecule has 0 saturated heterocycles. The Bertz CT molecular complexity index is 641. The first kappa shape index (κ1) is 15.9. The lowest BCUT2D eigenvalue weighted by molar-refractivity contribution is 0.123. The summed E-state index contributed by atoms with van der Waals surface area (Å²) < 4.78 is 0. The third-order valence-corrected chi connectivity index (χ3v) is 6.44. The molecule has 2 saturated carbocycles. The monoisotopic (exact) mass is 310 g/mol. The van der Waals surface area contributed by atoms with Gasteiger partial charge in [-0.25, -0.2) is 4.79 Å². The van der Waals surface area contributed by atoms with E-state index < -0.39 is 0 Å². The molecule has 3 nitrogen and oxygen atoms in total. The summed E-state index contributed by atoms with van der Waals surface area (Å²) in [4.78, 5) is 12.1. The third-order valence-electron chi connectivity index (χ3n) is 6.44. The predicted octanol–water partition coefficient (Wildman–Crippen LogP) is 3.55. The topological polar surface area (TPSA) is 41.1 Å². The number of carbonyl (C=O) groups excluding carboxylic acids is 1. The van der Waals surface area contributed by atoms with Crippen LogP contribution in [-0.2, 0) is 0 Å². The molecule has 2 aliphatic carbocycles. The molecule has 1 aromatic rings. The number of hydrogen-bond donors (Lipinski definition) is 2. The molecule has 2 N–H and O–H groups in total. The molecule has 0 heterocycles. The van der Waals surface area contributed by atoms with Crippen molar-refractivity contribution < 1.29 is 4.79 Å². The smallest absolute Gasteiger partial charge is 0.315 e. The Morgan fingerprint density at radius 2 is 2.00 bits per heavy atom. The van der Waals surface area contributed by atoms with Crippen molar-refractivity contribution in [2.75, 3.05) is 6.54 Å². The predicted molar refractivity (Wildman–Crippen MR) is 92.9 cm³/mol. The maximum Gasteiger partial charge on any atom is 0.315 e. The van der Waals surface area contributed by atoms with E-state index >= 15 is 0 Å². The van der Waals surface area contributed by atoms with Gasteiger partial charge in [0.25, 0.3) is 0 Å². The Balaban J connectivity index is 1.51. The summed E-state index contributed by atoms with van der Waals surface area (Å²) in [7, 11) is 0. The Morgan fingerprint density at radius 3 is 2.61 bits per heavy atom. The lowest BCUT2D eigenvalue weighted by atomic mass is 9.69. The molecule has 2 aliphatic rings. The van der Waals surface area contributed by atoms with E-state index in [4.69, 9.17) is 0 Å². The molecule has 3 heteroatoms. The molecule has 0 unspecified atom stereocenters. The van der Waals surface area contributed by atoms with Gasteiger partial charge in [0.15, 0.2) is 0 Å². The first-order chi connectivity index (χ1) is 10.9. The van der Waals surface area contributed by atoms with E-state index in [9.17, 15) is 4.79 Å². The van der Waals surface area contributed by atoms with Gasteiger partial charge in [-0.2, -0.15) is 0 Å². The molecule has 2 bridgehead atoms. The molecule has 1 aromatic carbocycles. The van der Waals surface area contributed by atoms with Crippen molar-refractivity contribution in [3.8, 4) is 11.8 Å². The van der Waals surface area contributed by atoms with Crippen LogP contribution in [0.25, 0.3) is 0 Å². The van der Waals surface area contributed by atoms with E-state index in [1.54, 1.807) is 0 Å². The summed E-state index contributed by atoms with van der Waals surface area (Å²) in [6, 6.07) is 9.99. The molecule has 3 atom stereocenters. The normalized spacial score (nSPS) is 30.4. The first-order valence-electron chi connectivity index (χ1n) is 8.52. The van der Waals surface area contributed by atoms with Gasteiger partial charge in [-0.3, -0.25) is 0 Å². The van der Waals surface area contributed by atoms with Gasteiger partial charge in [-0.1, -0.05) is 50.8 Å². The summed E-state index contributed by atoms with van der Waals surface area (Å²) in [6.45, 7) is 7.42. The molecule has 122 valence electrons.